The molecule has 0 amide bonds. The fourth-order valence-corrected chi connectivity index (χ4v) is 7.26. The van der Waals surface area contributed by atoms with E-state index in [9.17, 15) is 5.26 Å². The van der Waals surface area contributed by atoms with Gasteiger partial charge in [-0.15, -0.1) is 0 Å². The summed E-state index contributed by atoms with van der Waals surface area (Å²) in [7, 11) is 0. The average Bonchev–Trinajstić information content (AvgIpc) is 3.72. The first kappa shape index (κ1) is 28.9. The molecule has 0 saturated heterocycles. The summed E-state index contributed by atoms with van der Waals surface area (Å²) in [6, 6.07) is 43.2. The van der Waals surface area contributed by atoms with Gasteiger partial charge in [-0.2, -0.15) is 20.2 Å². The minimum atomic E-state index is -0.502. The number of imidazole rings is 1. The SMILES string of the molecule is CC1(C)N(c2nc(-c3cccc(C#N)c3)nc(-n3c4ccccc4c4ccccc43)n2)c2nc3ccc(-c4ccccc4)cc3n2C1(C)C. The summed E-state index contributed by atoms with van der Waals surface area (Å²) in [6.45, 7) is 8.93. The second-order valence-electron chi connectivity index (χ2n) is 13.6. The smallest absolute Gasteiger partial charge is 0.240 e. The molecule has 1 aliphatic rings. The van der Waals surface area contributed by atoms with Gasteiger partial charge in [0.2, 0.25) is 17.8 Å². The molecular formula is C41H32N8. The monoisotopic (exact) mass is 636 g/mol. The highest BCUT2D eigenvalue weighted by Gasteiger charge is 2.54. The lowest BCUT2D eigenvalue weighted by Crippen LogP contribution is -2.51. The zero-order chi connectivity index (χ0) is 33.5. The van der Waals surface area contributed by atoms with E-state index in [-0.39, 0.29) is 0 Å². The summed E-state index contributed by atoms with van der Waals surface area (Å²) >= 11 is 0. The van der Waals surface area contributed by atoms with E-state index in [0.29, 0.717) is 23.3 Å². The topological polar surface area (TPSA) is 88.4 Å². The number of anilines is 2. The summed E-state index contributed by atoms with van der Waals surface area (Å²) in [5.41, 5.74) is 6.61. The van der Waals surface area contributed by atoms with E-state index in [1.54, 1.807) is 6.07 Å². The van der Waals surface area contributed by atoms with Crippen LogP contribution < -0.4 is 4.90 Å². The Morgan fingerprint density at radius 2 is 1.20 bits per heavy atom. The van der Waals surface area contributed by atoms with E-state index in [1.807, 2.05) is 36.4 Å². The van der Waals surface area contributed by atoms with Crippen molar-refractivity contribution >= 4 is 44.7 Å². The quantitative estimate of drug-likeness (QED) is 0.191. The fourth-order valence-electron chi connectivity index (χ4n) is 7.26. The van der Waals surface area contributed by atoms with Gasteiger partial charge in [-0.1, -0.05) is 84.9 Å². The molecule has 9 rings (SSSR count). The molecule has 0 radical (unpaired) electrons. The van der Waals surface area contributed by atoms with Gasteiger partial charge in [0, 0.05) is 16.3 Å². The fraction of sp³-hybridized carbons (Fsp3) is 0.146. The molecule has 0 saturated carbocycles. The molecule has 1 aliphatic heterocycles. The largest absolute Gasteiger partial charge is 0.302 e. The van der Waals surface area contributed by atoms with E-state index in [2.05, 4.69) is 127 Å². The second-order valence-corrected chi connectivity index (χ2v) is 13.6. The van der Waals surface area contributed by atoms with Crippen LogP contribution in [0.3, 0.4) is 0 Å². The summed E-state index contributed by atoms with van der Waals surface area (Å²) in [5.74, 6) is 2.23. The average molecular weight is 637 g/mol. The van der Waals surface area contributed by atoms with Crippen molar-refractivity contribution in [2.75, 3.05) is 4.90 Å². The molecule has 0 bridgehead atoms. The molecular weight excluding hydrogens is 605 g/mol. The van der Waals surface area contributed by atoms with Crippen LogP contribution in [0.25, 0.3) is 61.3 Å². The highest BCUT2D eigenvalue weighted by Crippen LogP contribution is 2.51. The first-order valence-corrected chi connectivity index (χ1v) is 16.4. The van der Waals surface area contributed by atoms with E-state index in [4.69, 9.17) is 19.9 Å². The van der Waals surface area contributed by atoms with Gasteiger partial charge in [0.25, 0.3) is 0 Å². The van der Waals surface area contributed by atoms with Crippen LogP contribution in [0, 0.1) is 11.3 Å². The highest BCUT2D eigenvalue weighted by molar-refractivity contribution is 6.09. The van der Waals surface area contributed by atoms with Gasteiger partial charge in [0.15, 0.2) is 5.82 Å². The Morgan fingerprint density at radius 3 is 1.92 bits per heavy atom. The van der Waals surface area contributed by atoms with E-state index < -0.39 is 11.1 Å². The number of aromatic nitrogens is 6. The van der Waals surface area contributed by atoms with Crippen LogP contribution in [-0.4, -0.2) is 34.6 Å². The third-order valence-corrected chi connectivity index (χ3v) is 10.4. The number of para-hydroxylation sites is 2. The first-order valence-electron chi connectivity index (χ1n) is 16.4. The minimum Gasteiger partial charge on any atom is -0.302 e. The molecule has 4 heterocycles. The zero-order valence-electron chi connectivity index (χ0n) is 27.6. The Bertz CT molecular complexity index is 2590. The Kier molecular flexibility index (Phi) is 6.09. The van der Waals surface area contributed by atoms with Crippen molar-refractivity contribution in [3.63, 3.8) is 0 Å². The first-order chi connectivity index (χ1) is 23.8. The zero-order valence-corrected chi connectivity index (χ0v) is 27.6. The molecule has 0 aliphatic carbocycles. The summed E-state index contributed by atoms with van der Waals surface area (Å²) in [6.07, 6.45) is 0. The number of benzene rings is 5. The summed E-state index contributed by atoms with van der Waals surface area (Å²) in [4.78, 5) is 22.9. The molecule has 0 atom stereocenters. The van der Waals surface area contributed by atoms with Gasteiger partial charge in [0.05, 0.1) is 44.8 Å². The lowest BCUT2D eigenvalue weighted by Gasteiger charge is -2.40. The van der Waals surface area contributed by atoms with Gasteiger partial charge in [-0.05, 0) is 75.2 Å². The third kappa shape index (κ3) is 4.15. The molecule has 0 fully saturated rings. The highest BCUT2D eigenvalue weighted by atomic mass is 15.5. The standard InChI is InChI=1S/C41H32N8/c1-40(2)41(3,4)49(39-43-32-22-21-28(24-35(32)48(39)40)27-14-6-5-7-15-27)38-45-36(29-16-12-13-26(23-29)25-42)44-37(46-38)47-33-19-10-8-17-30(33)31-18-9-11-20-34(31)47/h5-24H,1-4H3. The summed E-state index contributed by atoms with van der Waals surface area (Å²) in [5, 5.41) is 12.0. The number of nitriles is 1. The van der Waals surface area contributed by atoms with Crippen molar-refractivity contribution in [1.82, 2.24) is 29.1 Å². The van der Waals surface area contributed by atoms with E-state index >= 15 is 0 Å². The lowest BCUT2D eigenvalue weighted by atomic mass is 9.82. The normalized spacial score (nSPS) is 14.8. The maximum absolute atomic E-state index is 9.75. The van der Waals surface area contributed by atoms with Crippen LogP contribution >= 0.6 is 0 Å². The van der Waals surface area contributed by atoms with Crippen molar-refractivity contribution in [2.45, 2.75) is 38.8 Å². The van der Waals surface area contributed by atoms with Crippen LogP contribution in [0.5, 0.6) is 0 Å². The molecule has 0 unspecified atom stereocenters. The Balaban J connectivity index is 1.32. The van der Waals surface area contributed by atoms with Gasteiger partial charge in [-0.3, -0.25) is 9.47 Å². The molecule has 49 heavy (non-hydrogen) atoms. The van der Waals surface area contributed by atoms with Crippen LogP contribution in [0.4, 0.5) is 11.9 Å². The molecule has 8 nitrogen and oxygen atoms in total. The number of fused-ring (bicyclic) bond motifs is 6. The molecule has 236 valence electrons. The Morgan fingerprint density at radius 1 is 0.551 bits per heavy atom. The van der Waals surface area contributed by atoms with Gasteiger partial charge >= 0.3 is 0 Å². The lowest BCUT2D eigenvalue weighted by molar-refractivity contribution is 0.251. The second kappa shape index (κ2) is 10.3. The van der Waals surface area contributed by atoms with Crippen LogP contribution in [0.2, 0.25) is 0 Å². The van der Waals surface area contributed by atoms with E-state index in [0.717, 1.165) is 55.5 Å². The molecule has 0 spiro atoms. The van der Waals surface area contributed by atoms with Crippen molar-refractivity contribution < 1.29 is 0 Å². The maximum Gasteiger partial charge on any atom is 0.240 e. The Labute approximate surface area is 283 Å². The minimum absolute atomic E-state index is 0.410. The molecule has 0 N–H and O–H groups in total. The predicted molar refractivity (Wildman–Crippen MR) is 195 cm³/mol. The van der Waals surface area contributed by atoms with Crippen molar-refractivity contribution in [3.05, 3.63) is 127 Å². The molecule has 3 aromatic heterocycles. The maximum atomic E-state index is 9.75. The number of nitrogens with zero attached hydrogens (tertiary/aromatic N) is 8. The number of hydrogen-bond acceptors (Lipinski definition) is 6. The summed E-state index contributed by atoms with van der Waals surface area (Å²) < 4.78 is 4.44. The van der Waals surface area contributed by atoms with Crippen LogP contribution in [-0.2, 0) is 5.54 Å². The number of hydrogen-bond donors (Lipinski definition) is 0. The van der Waals surface area contributed by atoms with Crippen molar-refractivity contribution in [1.29, 1.82) is 5.26 Å². The van der Waals surface area contributed by atoms with Crippen molar-refractivity contribution in [3.8, 4) is 34.5 Å². The molecule has 5 aromatic carbocycles. The predicted octanol–water partition coefficient (Wildman–Crippen LogP) is 9.19. The third-order valence-electron chi connectivity index (χ3n) is 10.4. The van der Waals surface area contributed by atoms with Gasteiger partial charge in [0.1, 0.15) is 0 Å². The van der Waals surface area contributed by atoms with Gasteiger partial charge < -0.3 is 4.57 Å². The van der Waals surface area contributed by atoms with Crippen molar-refractivity contribution in [2.24, 2.45) is 0 Å². The Hall–Kier alpha value is -6.33. The molecule has 8 aromatic rings. The molecule has 8 heteroatoms. The van der Waals surface area contributed by atoms with Crippen LogP contribution in [0.15, 0.2) is 121 Å². The number of rotatable bonds is 4. The van der Waals surface area contributed by atoms with Crippen LogP contribution in [0.1, 0.15) is 33.3 Å². The van der Waals surface area contributed by atoms with E-state index in [1.165, 1.54) is 0 Å². The van der Waals surface area contributed by atoms with Gasteiger partial charge in [-0.25, -0.2) is 4.98 Å².